The zero-order chi connectivity index (χ0) is 11.8. The van der Waals surface area contributed by atoms with E-state index in [4.69, 9.17) is 10.5 Å². The van der Waals surface area contributed by atoms with Crippen molar-refractivity contribution in [2.75, 3.05) is 7.11 Å². The number of halogens is 1. The van der Waals surface area contributed by atoms with E-state index in [-0.39, 0.29) is 11.4 Å². The van der Waals surface area contributed by atoms with E-state index in [0.717, 1.165) is 24.8 Å². The lowest BCUT2D eigenvalue weighted by Gasteiger charge is -2.39. The predicted molar refractivity (Wildman–Crippen MR) is 62.0 cm³/mol. The molecule has 1 fully saturated rings. The van der Waals surface area contributed by atoms with Crippen LogP contribution >= 0.6 is 0 Å². The smallest absolute Gasteiger partial charge is 0.130 e. The molecule has 0 spiro atoms. The van der Waals surface area contributed by atoms with Crippen LogP contribution in [0, 0.1) is 5.82 Å². The fourth-order valence-electron chi connectivity index (χ4n) is 2.27. The molecule has 0 radical (unpaired) electrons. The van der Waals surface area contributed by atoms with Gasteiger partial charge in [0.1, 0.15) is 11.6 Å². The van der Waals surface area contributed by atoms with Gasteiger partial charge >= 0.3 is 0 Å². The summed E-state index contributed by atoms with van der Waals surface area (Å²) in [4.78, 5) is 0. The first-order valence-corrected chi connectivity index (χ1v) is 5.76. The summed E-state index contributed by atoms with van der Waals surface area (Å²) in [6, 6.07) is 3.46. The number of ether oxygens (including phenoxy) is 1. The standard InChI is InChI=1S/C13H18FNO/c1-3-10-11(14)7-9(8-12(10)16-2)13(15)5-4-6-13/h7-8H,3-6,15H2,1-2H3. The van der Waals surface area contributed by atoms with Crippen LogP contribution in [0.4, 0.5) is 4.39 Å². The molecule has 2 nitrogen and oxygen atoms in total. The Morgan fingerprint density at radius 1 is 1.44 bits per heavy atom. The summed E-state index contributed by atoms with van der Waals surface area (Å²) in [6.45, 7) is 1.92. The molecule has 0 atom stereocenters. The molecule has 0 saturated heterocycles. The average Bonchev–Trinajstić information content (AvgIpc) is 2.24. The van der Waals surface area contributed by atoms with Gasteiger partial charge < -0.3 is 10.5 Å². The van der Waals surface area contributed by atoms with Crippen LogP contribution in [0.3, 0.4) is 0 Å². The van der Waals surface area contributed by atoms with Crippen LogP contribution in [0.15, 0.2) is 12.1 Å². The van der Waals surface area contributed by atoms with E-state index in [1.54, 1.807) is 13.2 Å². The Labute approximate surface area is 95.6 Å². The van der Waals surface area contributed by atoms with E-state index in [2.05, 4.69) is 0 Å². The number of benzene rings is 1. The summed E-state index contributed by atoms with van der Waals surface area (Å²) in [7, 11) is 1.57. The number of hydrogen-bond donors (Lipinski definition) is 1. The van der Waals surface area contributed by atoms with Crippen molar-refractivity contribution < 1.29 is 9.13 Å². The van der Waals surface area contributed by atoms with E-state index in [0.29, 0.717) is 17.7 Å². The van der Waals surface area contributed by atoms with Crippen LogP contribution in [-0.2, 0) is 12.0 Å². The highest BCUT2D eigenvalue weighted by atomic mass is 19.1. The molecule has 0 bridgehead atoms. The van der Waals surface area contributed by atoms with Gasteiger partial charge in [-0.05, 0) is 43.4 Å². The van der Waals surface area contributed by atoms with Gasteiger partial charge in [-0.2, -0.15) is 0 Å². The van der Waals surface area contributed by atoms with Gasteiger partial charge in [-0.25, -0.2) is 4.39 Å². The van der Waals surface area contributed by atoms with Gasteiger partial charge in [0.2, 0.25) is 0 Å². The third-order valence-electron chi connectivity index (χ3n) is 3.55. The Morgan fingerprint density at radius 3 is 2.56 bits per heavy atom. The lowest BCUT2D eigenvalue weighted by Crippen LogP contribution is -2.43. The van der Waals surface area contributed by atoms with E-state index < -0.39 is 0 Å². The minimum atomic E-state index is -0.333. The lowest BCUT2D eigenvalue weighted by molar-refractivity contribution is 0.251. The molecule has 0 unspecified atom stereocenters. The first-order valence-electron chi connectivity index (χ1n) is 5.76. The van der Waals surface area contributed by atoms with Gasteiger partial charge in [0.05, 0.1) is 7.11 Å². The molecule has 0 aliphatic heterocycles. The zero-order valence-electron chi connectivity index (χ0n) is 9.85. The van der Waals surface area contributed by atoms with Crippen molar-refractivity contribution >= 4 is 0 Å². The summed E-state index contributed by atoms with van der Waals surface area (Å²) in [6.07, 6.45) is 3.62. The van der Waals surface area contributed by atoms with Crippen LogP contribution in [0.2, 0.25) is 0 Å². The molecule has 0 amide bonds. The summed E-state index contributed by atoms with van der Waals surface area (Å²) >= 11 is 0. The van der Waals surface area contributed by atoms with Gasteiger partial charge in [0, 0.05) is 11.1 Å². The Hall–Kier alpha value is -1.09. The van der Waals surface area contributed by atoms with E-state index in [1.165, 1.54) is 0 Å². The van der Waals surface area contributed by atoms with E-state index >= 15 is 0 Å². The summed E-state index contributed by atoms with van der Waals surface area (Å²) < 4.78 is 19.1. The van der Waals surface area contributed by atoms with Crippen molar-refractivity contribution in [2.45, 2.75) is 38.1 Å². The largest absolute Gasteiger partial charge is 0.496 e. The number of rotatable bonds is 3. The van der Waals surface area contributed by atoms with Crippen molar-refractivity contribution in [2.24, 2.45) is 5.73 Å². The maximum absolute atomic E-state index is 13.9. The lowest BCUT2D eigenvalue weighted by atomic mass is 9.72. The molecule has 0 heterocycles. The highest BCUT2D eigenvalue weighted by Gasteiger charge is 2.35. The molecule has 2 N–H and O–H groups in total. The first kappa shape index (κ1) is 11.4. The van der Waals surface area contributed by atoms with Crippen LogP contribution < -0.4 is 10.5 Å². The Balaban J connectivity index is 2.45. The van der Waals surface area contributed by atoms with Gasteiger partial charge in [-0.1, -0.05) is 6.92 Å². The van der Waals surface area contributed by atoms with Gasteiger partial charge in [-0.3, -0.25) is 0 Å². The zero-order valence-corrected chi connectivity index (χ0v) is 9.85. The average molecular weight is 223 g/mol. The molecule has 1 aromatic carbocycles. The third-order valence-corrected chi connectivity index (χ3v) is 3.55. The Bertz CT molecular complexity index is 399. The monoisotopic (exact) mass is 223 g/mol. The van der Waals surface area contributed by atoms with Crippen LogP contribution in [-0.4, -0.2) is 7.11 Å². The van der Waals surface area contributed by atoms with Crippen molar-refractivity contribution in [3.05, 3.63) is 29.1 Å². The normalized spacial score (nSPS) is 18.0. The van der Waals surface area contributed by atoms with Crippen molar-refractivity contribution in [3.63, 3.8) is 0 Å². The summed E-state index contributed by atoms with van der Waals surface area (Å²) in [5.41, 5.74) is 7.35. The maximum Gasteiger partial charge on any atom is 0.130 e. The van der Waals surface area contributed by atoms with E-state index in [9.17, 15) is 4.39 Å². The first-order chi connectivity index (χ1) is 7.60. The Kier molecular flexibility index (Phi) is 2.89. The predicted octanol–water partition coefficient (Wildman–Crippen LogP) is 2.73. The molecule has 3 heteroatoms. The minimum Gasteiger partial charge on any atom is -0.496 e. The fraction of sp³-hybridized carbons (Fsp3) is 0.538. The quantitative estimate of drug-likeness (QED) is 0.855. The minimum absolute atomic E-state index is 0.200. The Morgan fingerprint density at radius 2 is 2.12 bits per heavy atom. The molecule has 1 aromatic rings. The second-order valence-corrected chi connectivity index (χ2v) is 4.50. The maximum atomic E-state index is 13.9. The third kappa shape index (κ3) is 1.69. The van der Waals surface area contributed by atoms with E-state index in [1.807, 2.05) is 13.0 Å². The van der Waals surface area contributed by atoms with Crippen molar-refractivity contribution in [3.8, 4) is 5.75 Å². The highest BCUT2D eigenvalue weighted by Crippen LogP contribution is 2.41. The summed E-state index contributed by atoms with van der Waals surface area (Å²) in [5, 5.41) is 0. The molecular weight excluding hydrogens is 205 g/mol. The number of nitrogens with two attached hydrogens (primary N) is 1. The van der Waals surface area contributed by atoms with Crippen molar-refractivity contribution in [1.29, 1.82) is 0 Å². The van der Waals surface area contributed by atoms with Gasteiger partial charge in [-0.15, -0.1) is 0 Å². The van der Waals surface area contributed by atoms with Crippen LogP contribution in [0.5, 0.6) is 5.75 Å². The second kappa shape index (κ2) is 4.06. The SMILES string of the molecule is CCc1c(F)cc(C2(N)CCC2)cc1OC. The molecule has 0 aromatic heterocycles. The van der Waals surface area contributed by atoms with Gasteiger partial charge in [0.25, 0.3) is 0 Å². The molecule has 16 heavy (non-hydrogen) atoms. The fourth-order valence-corrected chi connectivity index (χ4v) is 2.27. The molecule has 2 rings (SSSR count). The highest BCUT2D eigenvalue weighted by molar-refractivity contribution is 5.42. The van der Waals surface area contributed by atoms with Crippen LogP contribution in [0.1, 0.15) is 37.3 Å². The summed E-state index contributed by atoms with van der Waals surface area (Å²) in [5.74, 6) is 0.419. The van der Waals surface area contributed by atoms with Gasteiger partial charge in [0.15, 0.2) is 0 Å². The number of methoxy groups -OCH3 is 1. The molecule has 1 saturated carbocycles. The molecule has 88 valence electrons. The molecule has 1 aliphatic carbocycles. The molecular formula is C13H18FNO. The molecule has 1 aliphatic rings. The second-order valence-electron chi connectivity index (χ2n) is 4.50. The topological polar surface area (TPSA) is 35.2 Å². The number of hydrogen-bond acceptors (Lipinski definition) is 2. The van der Waals surface area contributed by atoms with Crippen LogP contribution in [0.25, 0.3) is 0 Å². The van der Waals surface area contributed by atoms with Crippen molar-refractivity contribution in [1.82, 2.24) is 0 Å².